The van der Waals surface area contributed by atoms with E-state index in [9.17, 15) is 4.79 Å². The van der Waals surface area contributed by atoms with Crippen molar-refractivity contribution in [2.75, 3.05) is 6.54 Å². The van der Waals surface area contributed by atoms with Gasteiger partial charge in [0.15, 0.2) is 6.29 Å². The van der Waals surface area contributed by atoms with Gasteiger partial charge in [-0.3, -0.25) is 4.79 Å². The third-order valence-corrected chi connectivity index (χ3v) is 2.74. The summed E-state index contributed by atoms with van der Waals surface area (Å²) >= 11 is 1.43. The van der Waals surface area contributed by atoms with E-state index in [0.717, 1.165) is 16.7 Å². The molecule has 0 aliphatic carbocycles. The molecule has 0 N–H and O–H groups in total. The van der Waals surface area contributed by atoms with Crippen molar-refractivity contribution in [3.63, 3.8) is 0 Å². The maximum atomic E-state index is 10.5. The van der Waals surface area contributed by atoms with Crippen LogP contribution in [-0.4, -0.2) is 12.8 Å². The molecule has 1 rings (SSSR count). The summed E-state index contributed by atoms with van der Waals surface area (Å²) in [7, 11) is 0. The molecule has 1 aromatic heterocycles. The highest BCUT2D eigenvalue weighted by Crippen LogP contribution is 2.21. The maximum Gasteiger partial charge on any atom is 0.160 e. The van der Waals surface area contributed by atoms with E-state index in [0.29, 0.717) is 11.4 Å². The van der Waals surface area contributed by atoms with Gasteiger partial charge >= 0.3 is 0 Å². The molecule has 4 nitrogen and oxygen atoms in total. The van der Waals surface area contributed by atoms with Crippen LogP contribution in [0, 0.1) is 6.92 Å². The van der Waals surface area contributed by atoms with Gasteiger partial charge in [-0.2, -0.15) is 0 Å². The molecule has 0 atom stereocenters. The molecule has 0 fully saturated rings. The molecule has 1 aromatic rings. The third kappa shape index (κ3) is 2.73. The molecule has 0 saturated carbocycles. The van der Waals surface area contributed by atoms with Gasteiger partial charge in [0.25, 0.3) is 0 Å². The summed E-state index contributed by atoms with van der Waals surface area (Å²) in [6.07, 6.45) is 4.47. The number of thiophene rings is 1. The molecule has 5 heteroatoms. The highest BCUT2D eigenvalue weighted by Gasteiger charge is 2.00. The summed E-state index contributed by atoms with van der Waals surface area (Å²) < 4.78 is 0. The van der Waals surface area contributed by atoms with Crippen molar-refractivity contribution in [1.29, 1.82) is 0 Å². The average molecular weight is 207 g/mol. The second kappa shape index (κ2) is 5.21. The molecule has 0 aliphatic heterocycles. The number of nitrogens with zero attached hydrogens (tertiary/aromatic N) is 3. The Morgan fingerprint density at radius 2 is 2.50 bits per heavy atom. The number of carbonyl (C=O) groups is 1. The molecule has 14 heavy (non-hydrogen) atoms. The first-order valence-electron chi connectivity index (χ1n) is 4.01. The van der Waals surface area contributed by atoms with E-state index >= 15 is 0 Å². The van der Waals surface area contributed by atoms with Crippen LogP contribution in [-0.2, 0) is 0 Å². The Balaban J connectivity index is 2.75. The second-order valence-corrected chi connectivity index (χ2v) is 3.75. The average Bonchev–Trinajstić information content (AvgIpc) is 2.54. The van der Waals surface area contributed by atoms with Crippen LogP contribution >= 0.6 is 11.3 Å². The monoisotopic (exact) mass is 207 g/mol. The van der Waals surface area contributed by atoms with Crippen molar-refractivity contribution in [3.05, 3.63) is 37.9 Å². The van der Waals surface area contributed by atoms with E-state index in [-0.39, 0.29) is 0 Å². The predicted octanol–water partition coefficient (Wildman–Crippen LogP) is 3.19. The van der Waals surface area contributed by atoms with Crippen molar-refractivity contribution in [3.8, 4) is 0 Å². The van der Waals surface area contributed by atoms with Gasteiger partial charge in [0, 0.05) is 16.3 Å². The van der Waals surface area contributed by atoms with Gasteiger partial charge in [0.2, 0.25) is 0 Å². The second-order valence-electron chi connectivity index (χ2n) is 2.63. The Bertz CT molecular complexity index is 402. The quantitative estimate of drug-likeness (QED) is 0.323. The number of rotatable bonds is 4. The van der Waals surface area contributed by atoms with Gasteiger partial charge in [-0.1, -0.05) is 11.2 Å². The Labute approximate surface area is 85.5 Å². The zero-order valence-corrected chi connectivity index (χ0v) is 8.49. The molecular weight excluding hydrogens is 198 g/mol. The van der Waals surface area contributed by atoms with Crippen molar-refractivity contribution < 1.29 is 4.79 Å². The fourth-order valence-electron chi connectivity index (χ4n) is 0.988. The zero-order chi connectivity index (χ0) is 10.4. The van der Waals surface area contributed by atoms with Crippen LogP contribution in [0.1, 0.15) is 20.1 Å². The molecule has 1 heterocycles. The van der Waals surface area contributed by atoms with Crippen molar-refractivity contribution >= 4 is 23.7 Å². The van der Waals surface area contributed by atoms with Gasteiger partial charge in [-0.25, -0.2) is 0 Å². The molecule has 0 bridgehead atoms. The summed E-state index contributed by atoms with van der Waals surface area (Å²) in [5, 5.41) is 3.37. The molecule has 0 saturated heterocycles. The Morgan fingerprint density at radius 3 is 3.07 bits per heavy atom. The smallest absolute Gasteiger partial charge is 0.160 e. The first-order chi connectivity index (χ1) is 6.77. The molecule has 0 unspecified atom stereocenters. The van der Waals surface area contributed by atoms with Crippen LogP contribution < -0.4 is 0 Å². The summed E-state index contributed by atoms with van der Waals surface area (Å²) in [6.45, 7) is 2.28. The number of aldehydes is 1. The Morgan fingerprint density at radius 1 is 1.71 bits per heavy atom. The summed E-state index contributed by atoms with van der Waals surface area (Å²) in [5.74, 6) is 0. The molecule has 72 valence electrons. The number of azide groups is 1. The first kappa shape index (κ1) is 10.5. The van der Waals surface area contributed by atoms with Crippen LogP contribution in [0.2, 0.25) is 0 Å². The van der Waals surface area contributed by atoms with Crippen LogP contribution in [0.3, 0.4) is 0 Å². The minimum Gasteiger partial charge on any atom is -0.297 e. The van der Waals surface area contributed by atoms with Gasteiger partial charge in [0.1, 0.15) is 0 Å². The van der Waals surface area contributed by atoms with Gasteiger partial charge in [0.05, 0.1) is 4.88 Å². The lowest BCUT2D eigenvalue weighted by molar-refractivity contribution is 0.112. The lowest BCUT2D eigenvalue weighted by Crippen LogP contribution is -1.70. The van der Waals surface area contributed by atoms with E-state index < -0.39 is 0 Å². The van der Waals surface area contributed by atoms with E-state index in [1.807, 2.05) is 19.1 Å². The van der Waals surface area contributed by atoms with Crippen molar-refractivity contribution in [1.82, 2.24) is 0 Å². The van der Waals surface area contributed by atoms with Gasteiger partial charge < -0.3 is 0 Å². The summed E-state index contributed by atoms with van der Waals surface area (Å²) in [4.78, 5) is 14.8. The van der Waals surface area contributed by atoms with Crippen LogP contribution in [0.15, 0.2) is 17.3 Å². The Kier molecular flexibility index (Phi) is 3.91. The normalized spacial score (nSPS) is 10.1. The topological polar surface area (TPSA) is 65.8 Å². The lowest BCUT2D eigenvalue weighted by atomic mass is 10.2. The summed E-state index contributed by atoms with van der Waals surface area (Å²) in [5.41, 5.74) is 9.11. The van der Waals surface area contributed by atoms with E-state index in [2.05, 4.69) is 10.0 Å². The number of aryl methyl sites for hydroxylation is 1. The zero-order valence-electron chi connectivity index (χ0n) is 7.67. The van der Waals surface area contributed by atoms with E-state index in [1.54, 1.807) is 6.08 Å². The van der Waals surface area contributed by atoms with Gasteiger partial charge in [-0.05, 0) is 30.2 Å². The Hall–Kier alpha value is -1.58. The van der Waals surface area contributed by atoms with E-state index in [1.165, 1.54) is 11.3 Å². The predicted molar refractivity (Wildman–Crippen MR) is 57.5 cm³/mol. The maximum absolute atomic E-state index is 10.5. The molecule has 0 aliphatic rings. The molecule has 0 amide bonds. The number of hydrogen-bond donors (Lipinski definition) is 0. The fraction of sp³-hybridized carbons (Fsp3) is 0.222. The minimum absolute atomic E-state index is 0.338. The van der Waals surface area contributed by atoms with Crippen molar-refractivity contribution in [2.45, 2.75) is 6.92 Å². The van der Waals surface area contributed by atoms with Crippen molar-refractivity contribution in [2.24, 2.45) is 5.11 Å². The van der Waals surface area contributed by atoms with Gasteiger partial charge in [-0.15, -0.1) is 11.3 Å². The van der Waals surface area contributed by atoms with Crippen LogP contribution in [0.25, 0.3) is 16.5 Å². The van der Waals surface area contributed by atoms with E-state index in [4.69, 9.17) is 5.53 Å². The molecule has 0 aromatic carbocycles. The molecular formula is C9H9N3OS. The highest BCUT2D eigenvalue weighted by molar-refractivity contribution is 7.14. The molecule has 0 radical (unpaired) electrons. The van der Waals surface area contributed by atoms with Crippen LogP contribution in [0.4, 0.5) is 0 Å². The first-order valence-corrected chi connectivity index (χ1v) is 4.82. The largest absolute Gasteiger partial charge is 0.297 e. The minimum atomic E-state index is 0.338. The number of hydrogen-bond acceptors (Lipinski definition) is 3. The third-order valence-electron chi connectivity index (χ3n) is 1.61. The number of carbonyl (C=O) groups excluding carboxylic acids is 1. The summed E-state index contributed by atoms with van der Waals surface area (Å²) in [6, 6.07) is 1.84. The highest BCUT2D eigenvalue weighted by atomic mass is 32.1. The standard InChI is InChI=1S/C9H9N3OS/c1-7-5-8(6-13)14-9(7)3-2-4-11-12-10/h2-3,5-6H,4H2,1H3. The molecule has 0 spiro atoms. The van der Waals surface area contributed by atoms with Crippen LogP contribution in [0.5, 0.6) is 0 Å². The fourth-order valence-corrected chi connectivity index (χ4v) is 1.91. The lowest BCUT2D eigenvalue weighted by Gasteiger charge is -1.86. The SMILES string of the molecule is Cc1cc(C=O)sc1C=CCN=[N+]=[N-].